The van der Waals surface area contributed by atoms with Gasteiger partial charge in [0.05, 0.1) is 42.3 Å². The third-order valence-electron chi connectivity index (χ3n) is 5.69. The molecule has 0 saturated carbocycles. The molecule has 0 fully saturated rings. The number of methoxy groups -OCH3 is 1. The Morgan fingerprint density at radius 3 is 2.47 bits per heavy atom. The number of pyridine rings is 2. The molecule has 0 radical (unpaired) electrons. The van der Waals surface area contributed by atoms with Gasteiger partial charge in [-0.25, -0.2) is 32.0 Å². The summed E-state index contributed by atoms with van der Waals surface area (Å²) in [6, 6.07) is 5.54. The normalized spacial score (nSPS) is 12.6. The lowest BCUT2D eigenvalue weighted by atomic mass is 10.0. The van der Waals surface area contributed by atoms with E-state index in [2.05, 4.69) is 15.0 Å². The van der Waals surface area contributed by atoms with E-state index < -0.39 is 39.0 Å². The molecule has 0 spiro atoms. The molecule has 4 aromatic rings. The predicted octanol–water partition coefficient (Wildman–Crippen LogP) is 3.41. The fourth-order valence-electron chi connectivity index (χ4n) is 4.08. The molecule has 1 aromatic carbocycles. The molecule has 3 heterocycles. The van der Waals surface area contributed by atoms with Gasteiger partial charge in [-0.15, -0.1) is 0 Å². The summed E-state index contributed by atoms with van der Waals surface area (Å²) in [6.45, 7) is 3.64. The zero-order chi connectivity index (χ0) is 26.2. The fraction of sp³-hybridized carbons (Fsp3) is 0.292. The van der Waals surface area contributed by atoms with E-state index in [1.165, 1.54) is 23.9 Å². The number of rotatable bonds is 8. The summed E-state index contributed by atoms with van der Waals surface area (Å²) in [5, 5.41) is 0. The molecule has 0 aliphatic carbocycles. The van der Waals surface area contributed by atoms with Crippen molar-refractivity contribution in [3.05, 3.63) is 69.9 Å². The highest BCUT2D eigenvalue weighted by Gasteiger charge is 2.28. The van der Waals surface area contributed by atoms with Gasteiger partial charge in [-0.3, -0.25) is 4.57 Å². The van der Waals surface area contributed by atoms with Crippen molar-refractivity contribution >= 4 is 21.0 Å². The van der Waals surface area contributed by atoms with Crippen LogP contribution in [0.1, 0.15) is 24.2 Å². The number of ether oxygens (including phenoxy) is 2. The number of hydrogen-bond acceptors (Lipinski definition) is 7. The first kappa shape index (κ1) is 25.3. The molecule has 0 saturated heterocycles. The second-order valence-corrected chi connectivity index (χ2v) is 10.4. The highest BCUT2D eigenvalue weighted by Crippen LogP contribution is 2.33. The SMILES string of the molecule is CCOc1nc([C@@H](CS(C)(=O)=O)n2c(=O)[nH]c3c(C)c(-c4c(F)cccc4F)cnc32)ccc1OC. The van der Waals surface area contributed by atoms with Gasteiger partial charge in [0.25, 0.3) is 5.88 Å². The molecule has 1 atom stereocenters. The van der Waals surface area contributed by atoms with Crippen molar-refractivity contribution in [3.63, 3.8) is 0 Å². The number of nitrogens with one attached hydrogen (secondary N) is 1. The largest absolute Gasteiger partial charge is 0.491 e. The maximum Gasteiger partial charge on any atom is 0.328 e. The van der Waals surface area contributed by atoms with Gasteiger partial charge >= 0.3 is 5.69 Å². The standard InChI is InChI=1S/C24H24F2N4O5S/c1-5-35-23-19(34-3)10-9-17(28-23)18(12-36(4,32)33)30-22-21(29-24(30)31)13(2)14(11-27-22)20-15(25)7-6-8-16(20)26/h6-11,18H,5,12H2,1-4H3,(H,29,31)/t18-/m1/s1. The Morgan fingerprint density at radius 2 is 1.86 bits per heavy atom. The predicted molar refractivity (Wildman–Crippen MR) is 130 cm³/mol. The van der Waals surface area contributed by atoms with Crippen LogP contribution in [0.25, 0.3) is 22.3 Å². The topological polar surface area (TPSA) is 116 Å². The average molecular weight is 519 g/mol. The number of nitrogens with zero attached hydrogens (tertiary/aromatic N) is 3. The van der Waals surface area contributed by atoms with Crippen molar-refractivity contribution in [2.24, 2.45) is 0 Å². The molecule has 3 aromatic heterocycles. The number of imidazole rings is 1. The minimum atomic E-state index is -3.61. The van der Waals surface area contributed by atoms with Crippen LogP contribution in [-0.2, 0) is 9.84 Å². The molecule has 0 unspecified atom stereocenters. The van der Waals surface area contributed by atoms with Crippen molar-refractivity contribution in [1.82, 2.24) is 19.5 Å². The molecule has 190 valence electrons. The number of aryl methyl sites for hydroxylation is 1. The summed E-state index contributed by atoms with van der Waals surface area (Å²) in [5.74, 6) is -1.53. The first-order valence-electron chi connectivity index (χ1n) is 10.9. The van der Waals surface area contributed by atoms with E-state index in [1.54, 1.807) is 26.0 Å². The van der Waals surface area contributed by atoms with E-state index in [0.29, 0.717) is 11.3 Å². The molecule has 0 bridgehead atoms. The molecule has 0 aliphatic rings. The molecule has 36 heavy (non-hydrogen) atoms. The van der Waals surface area contributed by atoms with Gasteiger partial charge in [0.2, 0.25) is 0 Å². The Labute approximate surface area is 205 Å². The van der Waals surface area contributed by atoms with Crippen molar-refractivity contribution in [2.75, 3.05) is 25.7 Å². The van der Waals surface area contributed by atoms with Crippen molar-refractivity contribution in [3.8, 4) is 22.8 Å². The first-order valence-corrected chi connectivity index (χ1v) is 13.0. The van der Waals surface area contributed by atoms with E-state index in [1.807, 2.05) is 0 Å². The van der Waals surface area contributed by atoms with E-state index in [4.69, 9.17) is 9.47 Å². The number of hydrogen-bond donors (Lipinski definition) is 1. The van der Waals surface area contributed by atoms with Gasteiger partial charge in [-0.05, 0) is 43.7 Å². The monoisotopic (exact) mass is 518 g/mol. The van der Waals surface area contributed by atoms with Crippen LogP contribution in [-0.4, -0.2) is 53.7 Å². The number of aromatic nitrogens is 4. The summed E-state index contributed by atoms with van der Waals surface area (Å²) in [7, 11) is -2.16. The second kappa shape index (κ2) is 9.69. The Morgan fingerprint density at radius 1 is 1.17 bits per heavy atom. The van der Waals surface area contributed by atoms with E-state index in [9.17, 15) is 22.0 Å². The Bertz CT molecular complexity index is 1590. The van der Waals surface area contributed by atoms with Crippen LogP contribution in [0.4, 0.5) is 8.78 Å². The van der Waals surface area contributed by atoms with Crippen LogP contribution in [0, 0.1) is 18.6 Å². The summed E-state index contributed by atoms with van der Waals surface area (Å²) in [6.07, 6.45) is 2.30. The summed E-state index contributed by atoms with van der Waals surface area (Å²) in [5.41, 5.74) is 0.165. The maximum atomic E-state index is 14.5. The lowest BCUT2D eigenvalue weighted by Crippen LogP contribution is -2.29. The van der Waals surface area contributed by atoms with Crippen LogP contribution in [0.3, 0.4) is 0 Å². The molecule has 1 N–H and O–H groups in total. The minimum absolute atomic E-state index is 0.113. The van der Waals surface area contributed by atoms with Gasteiger partial charge < -0.3 is 14.5 Å². The number of fused-ring (bicyclic) bond motifs is 1. The maximum absolute atomic E-state index is 14.5. The van der Waals surface area contributed by atoms with Crippen LogP contribution in [0.15, 0.2) is 41.3 Å². The second-order valence-electron chi connectivity index (χ2n) is 8.18. The number of halogens is 2. The van der Waals surface area contributed by atoms with E-state index >= 15 is 0 Å². The van der Waals surface area contributed by atoms with Crippen molar-refractivity contribution in [1.29, 1.82) is 0 Å². The number of sulfone groups is 1. The van der Waals surface area contributed by atoms with Gasteiger partial charge in [0.15, 0.2) is 11.4 Å². The number of H-pyrrole nitrogens is 1. The molecule has 9 nitrogen and oxygen atoms in total. The zero-order valence-corrected chi connectivity index (χ0v) is 20.8. The third-order valence-corrected chi connectivity index (χ3v) is 6.61. The van der Waals surface area contributed by atoms with Crippen LogP contribution >= 0.6 is 0 Å². The number of aromatic amines is 1. The van der Waals surface area contributed by atoms with Gasteiger partial charge in [-0.1, -0.05) is 6.07 Å². The Hall–Kier alpha value is -3.80. The minimum Gasteiger partial charge on any atom is -0.491 e. The van der Waals surface area contributed by atoms with Crippen LogP contribution < -0.4 is 15.2 Å². The third kappa shape index (κ3) is 4.68. The summed E-state index contributed by atoms with van der Waals surface area (Å²) >= 11 is 0. The molecule has 0 aliphatic heterocycles. The molecular formula is C24H24F2N4O5S. The smallest absolute Gasteiger partial charge is 0.328 e. The van der Waals surface area contributed by atoms with Gasteiger partial charge in [-0.2, -0.15) is 0 Å². The Kier molecular flexibility index (Phi) is 6.81. The summed E-state index contributed by atoms with van der Waals surface area (Å²) < 4.78 is 65.6. The molecule has 12 heteroatoms. The van der Waals surface area contributed by atoms with Crippen LogP contribution in [0.2, 0.25) is 0 Å². The Balaban J connectivity index is 1.95. The van der Waals surface area contributed by atoms with Crippen molar-refractivity contribution < 1.29 is 26.7 Å². The quantitative estimate of drug-likeness (QED) is 0.380. The molecular weight excluding hydrogens is 494 g/mol. The lowest BCUT2D eigenvalue weighted by molar-refractivity contribution is 0.296. The molecule has 4 rings (SSSR count). The average Bonchev–Trinajstić information content (AvgIpc) is 3.15. The fourth-order valence-corrected chi connectivity index (χ4v) is 4.98. The molecule has 0 amide bonds. The highest BCUT2D eigenvalue weighted by molar-refractivity contribution is 7.90. The highest BCUT2D eigenvalue weighted by atomic mass is 32.2. The first-order chi connectivity index (χ1) is 17.1. The number of benzene rings is 1. The zero-order valence-electron chi connectivity index (χ0n) is 20.0. The van der Waals surface area contributed by atoms with E-state index in [0.717, 1.165) is 18.4 Å². The summed E-state index contributed by atoms with van der Waals surface area (Å²) in [4.78, 5) is 24.5. The lowest BCUT2D eigenvalue weighted by Gasteiger charge is -2.19. The van der Waals surface area contributed by atoms with E-state index in [-0.39, 0.29) is 40.5 Å². The van der Waals surface area contributed by atoms with Crippen LogP contribution in [0.5, 0.6) is 11.6 Å². The van der Waals surface area contributed by atoms with Gasteiger partial charge in [0, 0.05) is 18.0 Å². The van der Waals surface area contributed by atoms with Crippen molar-refractivity contribution in [2.45, 2.75) is 19.9 Å². The van der Waals surface area contributed by atoms with Gasteiger partial charge in [0.1, 0.15) is 21.5 Å².